The number of hydrogen-bond donors (Lipinski definition) is 1. The highest BCUT2D eigenvalue weighted by atomic mass is 32.2. The summed E-state index contributed by atoms with van der Waals surface area (Å²) in [5.41, 5.74) is 0.984. The molecular formula is C21H22N2O3S. The highest BCUT2D eigenvalue weighted by Crippen LogP contribution is 2.19. The Morgan fingerprint density at radius 1 is 0.963 bits per heavy atom. The molecule has 0 aromatic heterocycles. The van der Waals surface area contributed by atoms with E-state index < -0.39 is 16.1 Å². The molecule has 27 heavy (non-hydrogen) atoms. The zero-order valence-electron chi connectivity index (χ0n) is 15.3. The minimum atomic E-state index is -3.80. The maximum atomic E-state index is 12.7. The van der Waals surface area contributed by atoms with Gasteiger partial charge in [-0.15, -0.1) is 0 Å². The van der Waals surface area contributed by atoms with Gasteiger partial charge in [0, 0.05) is 13.6 Å². The fraction of sp³-hybridized carbons (Fsp3) is 0.190. The van der Waals surface area contributed by atoms with Gasteiger partial charge in [0.2, 0.25) is 15.9 Å². The Balaban J connectivity index is 1.72. The second-order valence-electron chi connectivity index (χ2n) is 6.53. The molecule has 0 heterocycles. The van der Waals surface area contributed by atoms with E-state index in [1.165, 1.54) is 4.90 Å². The minimum absolute atomic E-state index is 0.145. The van der Waals surface area contributed by atoms with Crippen LogP contribution in [0.3, 0.4) is 0 Å². The van der Waals surface area contributed by atoms with Crippen LogP contribution < -0.4 is 4.72 Å². The van der Waals surface area contributed by atoms with E-state index >= 15 is 0 Å². The molecule has 1 amide bonds. The molecule has 0 unspecified atom stereocenters. The van der Waals surface area contributed by atoms with Crippen LogP contribution in [0, 0.1) is 0 Å². The minimum Gasteiger partial charge on any atom is -0.340 e. The first kappa shape index (κ1) is 19.1. The third kappa shape index (κ3) is 4.53. The maximum absolute atomic E-state index is 12.7. The van der Waals surface area contributed by atoms with E-state index in [0.717, 1.165) is 16.3 Å². The van der Waals surface area contributed by atoms with Gasteiger partial charge in [-0.05, 0) is 35.4 Å². The SMILES string of the molecule is C[C@H](NS(=O)(=O)c1ccc2ccccc2c1)C(=O)N(C)Cc1ccccc1. The van der Waals surface area contributed by atoms with E-state index in [1.54, 1.807) is 32.2 Å². The zero-order valence-corrected chi connectivity index (χ0v) is 16.1. The lowest BCUT2D eigenvalue weighted by atomic mass is 10.1. The van der Waals surface area contributed by atoms with Gasteiger partial charge in [-0.1, -0.05) is 60.7 Å². The van der Waals surface area contributed by atoms with Crippen LogP contribution in [0.5, 0.6) is 0 Å². The number of nitrogens with one attached hydrogen (secondary N) is 1. The summed E-state index contributed by atoms with van der Waals surface area (Å²) in [5, 5.41) is 1.80. The number of hydrogen-bond acceptors (Lipinski definition) is 3. The number of carbonyl (C=O) groups excluding carboxylic acids is 1. The molecule has 3 aromatic rings. The molecule has 3 aromatic carbocycles. The molecule has 0 saturated carbocycles. The van der Waals surface area contributed by atoms with Crippen molar-refractivity contribution in [1.82, 2.24) is 9.62 Å². The smallest absolute Gasteiger partial charge is 0.241 e. The monoisotopic (exact) mass is 382 g/mol. The molecular weight excluding hydrogens is 360 g/mol. The van der Waals surface area contributed by atoms with Crippen molar-refractivity contribution >= 4 is 26.7 Å². The van der Waals surface area contributed by atoms with Gasteiger partial charge in [-0.25, -0.2) is 8.42 Å². The summed E-state index contributed by atoms with van der Waals surface area (Å²) in [6.07, 6.45) is 0. The molecule has 0 saturated heterocycles. The van der Waals surface area contributed by atoms with Crippen molar-refractivity contribution in [3.05, 3.63) is 78.4 Å². The number of amides is 1. The zero-order chi connectivity index (χ0) is 19.4. The number of benzene rings is 3. The molecule has 0 aliphatic carbocycles. The van der Waals surface area contributed by atoms with Gasteiger partial charge >= 0.3 is 0 Å². The van der Waals surface area contributed by atoms with Crippen molar-refractivity contribution in [2.24, 2.45) is 0 Å². The summed E-state index contributed by atoms with van der Waals surface area (Å²) in [5.74, 6) is -0.289. The predicted octanol–water partition coefficient (Wildman–Crippen LogP) is 3.17. The van der Waals surface area contributed by atoms with Crippen molar-refractivity contribution in [2.45, 2.75) is 24.4 Å². The fourth-order valence-electron chi connectivity index (χ4n) is 2.95. The van der Waals surface area contributed by atoms with E-state index in [1.807, 2.05) is 54.6 Å². The molecule has 0 aliphatic rings. The van der Waals surface area contributed by atoms with E-state index in [4.69, 9.17) is 0 Å². The molecule has 140 valence electrons. The van der Waals surface area contributed by atoms with Crippen molar-refractivity contribution < 1.29 is 13.2 Å². The first-order chi connectivity index (χ1) is 12.9. The number of fused-ring (bicyclic) bond motifs is 1. The second kappa shape index (κ2) is 7.90. The van der Waals surface area contributed by atoms with Crippen molar-refractivity contribution in [3.8, 4) is 0 Å². The Hall–Kier alpha value is -2.70. The molecule has 6 heteroatoms. The maximum Gasteiger partial charge on any atom is 0.241 e. The Bertz CT molecular complexity index is 1050. The summed E-state index contributed by atoms with van der Waals surface area (Å²) in [6.45, 7) is 1.98. The van der Waals surface area contributed by atoms with E-state index in [9.17, 15) is 13.2 Å². The summed E-state index contributed by atoms with van der Waals surface area (Å²) in [7, 11) is -2.14. The molecule has 0 fully saturated rings. The van der Waals surface area contributed by atoms with Gasteiger partial charge < -0.3 is 4.90 Å². The van der Waals surface area contributed by atoms with Crippen LogP contribution in [0.15, 0.2) is 77.7 Å². The van der Waals surface area contributed by atoms with Gasteiger partial charge in [0.05, 0.1) is 10.9 Å². The van der Waals surface area contributed by atoms with Gasteiger partial charge in [0.1, 0.15) is 0 Å². The van der Waals surface area contributed by atoms with E-state index in [2.05, 4.69) is 4.72 Å². The molecule has 1 atom stereocenters. The first-order valence-electron chi connectivity index (χ1n) is 8.67. The molecule has 5 nitrogen and oxygen atoms in total. The number of carbonyl (C=O) groups is 1. The van der Waals surface area contributed by atoms with Crippen molar-refractivity contribution in [1.29, 1.82) is 0 Å². The van der Waals surface area contributed by atoms with Gasteiger partial charge in [-0.2, -0.15) is 4.72 Å². The average molecular weight is 382 g/mol. The summed E-state index contributed by atoms with van der Waals surface area (Å²) >= 11 is 0. The topological polar surface area (TPSA) is 66.5 Å². The van der Waals surface area contributed by atoms with Crippen LogP contribution in [0.4, 0.5) is 0 Å². The standard InChI is InChI=1S/C21H22N2O3S/c1-16(21(24)23(2)15-17-8-4-3-5-9-17)22-27(25,26)20-13-12-18-10-6-7-11-19(18)14-20/h3-14,16,22H,15H2,1-2H3/t16-/m0/s1. The lowest BCUT2D eigenvalue weighted by molar-refractivity contribution is -0.131. The third-order valence-electron chi connectivity index (χ3n) is 4.37. The van der Waals surface area contributed by atoms with Gasteiger partial charge in [0.25, 0.3) is 0 Å². The lowest BCUT2D eigenvalue weighted by Crippen LogP contribution is -2.45. The highest BCUT2D eigenvalue weighted by molar-refractivity contribution is 7.89. The number of rotatable bonds is 6. The summed E-state index contributed by atoms with van der Waals surface area (Å²) < 4.78 is 27.9. The van der Waals surface area contributed by atoms with Crippen LogP contribution in [-0.2, 0) is 21.4 Å². The second-order valence-corrected chi connectivity index (χ2v) is 8.25. The number of sulfonamides is 1. The largest absolute Gasteiger partial charge is 0.340 e. The molecule has 1 N–H and O–H groups in total. The van der Waals surface area contributed by atoms with Crippen LogP contribution in [0.2, 0.25) is 0 Å². The third-order valence-corrected chi connectivity index (χ3v) is 5.91. The summed E-state index contributed by atoms with van der Waals surface area (Å²) in [4.78, 5) is 14.2. The Morgan fingerprint density at radius 2 is 1.59 bits per heavy atom. The fourth-order valence-corrected chi connectivity index (χ4v) is 4.18. The Labute approximate surface area is 159 Å². The molecule has 0 spiro atoms. The van der Waals surface area contributed by atoms with Gasteiger partial charge in [0.15, 0.2) is 0 Å². The van der Waals surface area contributed by atoms with Gasteiger partial charge in [-0.3, -0.25) is 4.79 Å². The lowest BCUT2D eigenvalue weighted by Gasteiger charge is -2.22. The van der Waals surface area contributed by atoms with E-state index in [-0.39, 0.29) is 10.8 Å². The molecule has 0 radical (unpaired) electrons. The quantitative estimate of drug-likeness (QED) is 0.712. The summed E-state index contributed by atoms with van der Waals surface area (Å²) in [6, 6.07) is 21.2. The molecule has 0 aliphatic heterocycles. The first-order valence-corrected chi connectivity index (χ1v) is 10.2. The molecule has 3 rings (SSSR count). The highest BCUT2D eigenvalue weighted by Gasteiger charge is 2.24. The predicted molar refractivity (Wildman–Crippen MR) is 107 cm³/mol. The van der Waals surface area contributed by atoms with Crippen LogP contribution in [-0.4, -0.2) is 32.3 Å². The average Bonchev–Trinajstić information content (AvgIpc) is 2.67. The van der Waals surface area contributed by atoms with Crippen LogP contribution in [0.25, 0.3) is 10.8 Å². The number of likely N-dealkylation sites (N-methyl/N-ethyl adjacent to an activating group) is 1. The Kier molecular flexibility index (Phi) is 5.58. The van der Waals surface area contributed by atoms with Crippen molar-refractivity contribution in [3.63, 3.8) is 0 Å². The normalized spacial score (nSPS) is 12.7. The molecule has 0 bridgehead atoms. The van der Waals surface area contributed by atoms with Crippen LogP contribution in [0.1, 0.15) is 12.5 Å². The van der Waals surface area contributed by atoms with E-state index in [0.29, 0.717) is 6.54 Å². The van der Waals surface area contributed by atoms with Crippen molar-refractivity contribution in [2.75, 3.05) is 7.05 Å². The Morgan fingerprint density at radius 3 is 2.30 bits per heavy atom. The van der Waals surface area contributed by atoms with Crippen LogP contribution >= 0.6 is 0 Å². The number of nitrogens with zero attached hydrogens (tertiary/aromatic N) is 1.